The number of hydrogen-bond acceptors (Lipinski definition) is 3. The molecule has 2 heterocycles. The number of benzene rings is 1. The van der Waals surface area contributed by atoms with Crippen molar-refractivity contribution in [1.29, 1.82) is 0 Å². The Hall–Kier alpha value is -0.810. The molecule has 0 radical (unpaired) electrons. The van der Waals surface area contributed by atoms with E-state index in [0.717, 1.165) is 56.8 Å². The summed E-state index contributed by atoms with van der Waals surface area (Å²) in [5.41, 5.74) is 1.73. The van der Waals surface area contributed by atoms with E-state index in [9.17, 15) is 4.79 Å². The first-order valence-corrected chi connectivity index (χ1v) is 8.03. The Labute approximate surface area is 143 Å². The van der Waals surface area contributed by atoms with Crippen LogP contribution in [0.1, 0.15) is 22.3 Å². The Bertz CT molecular complexity index is 532. The number of piperazine rings is 1. The van der Waals surface area contributed by atoms with E-state index in [1.165, 1.54) is 0 Å². The standard InChI is InChI=1S/C16H22ClN3O.ClH/c1-12-10-13(17)2-3-15(12)16(21)20-7-4-14(11-20)19-8-5-18-6-9-19;/h2-3,10,14,18H,4-9,11H2,1H3;1H. The number of rotatable bonds is 2. The lowest BCUT2D eigenvalue weighted by Crippen LogP contribution is -2.49. The summed E-state index contributed by atoms with van der Waals surface area (Å²) in [5.74, 6) is 0.141. The van der Waals surface area contributed by atoms with Gasteiger partial charge in [0.2, 0.25) is 0 Å². The van der Waals surface area contributed by atoms with E-state index in [4.69, 9.17) is 11.6 Å². The molecule has 2 aliphatic heterocycles. The molecular weight excluding hydrogens is 321 g/mol. The Morgan fingerprint density at radius 2 is 2.00 bits per heavy atom. The van der Waals surface area contributed by atoms with Gasteiger partial charge in [0.1, 0.15) is 0 Å². The van der Waals surface area contributed by atoms with Gasteiger partial charge < -0.3 is 10.2 Å². The van der Waals surface area contributed by atoms with Crippen LogP contribution in [-0.2, 0) is 0 Å². The molecule has 1 unspecified atom stereocenters. The average Bonchev–Trinajstić information content (AvgIpc) is 2.97. The number of amides is 1. The zero-order valence-corrected chi connectivity index (χ0v) is 14.4. The number of hydrogen-bond donors (Lipinski definition) is 1. The fraction of sp³-hybridized carbons (Fsp3) is 0.562. The monoisotopic (exact) mass is 343 g/mol. The predicted octanol–water partition coefficient (Wildman–Crippen LogP) is 2.19. The number of carbonyl (C=O) groups is 1. The van der Waals surface area contributed by atoms with Crippen molar-refractivity contribution in [3.8, 4) is 0 Å². The van der Waals surface area contributed by atoms with Gasteiger partial charge in [-0.15, -0.1) is 12.4 Å². The SMILES string of the molecule is Cc1cc(Cl)ccc1C(=O)N1CCC(N2CCNCC2)C1.Cl. The first kappa shape index (κ1) is 17.5. The van der Waals surface area contributed by atoms with Gasteiger partial charge in [-0.25, -0.2) is 0 Å². The molecule has 2 saturated heterocycles. The van der Waals surface area contributed by atoms with E-state index in [0.29, 0.717) is 11.1 Å². The summed E-state index contributed by atoms with van der Waals surface area (Å²) in [6.45, 7) is 7.94. The van der Waals surface area contributed by atoms with E-state index in [1.54, 1.807) is 6.07 Å². The number of nitrogens with zero attached hydrogens (tertiary/aromatic N) is 2. The summed E-state index contributed by atoms with van der Waals surface area (Å²) in [5, 5.41) is 4.06. The third-order valence-corrected chi connectivity index (χ3v) is 4.77. The molecule has 1 aromatic carbocycles. The molecule has 0 bridgehead atoms. The normalized spacial score (nSPS) is 22.5. The van der Waals surface area contributed by atoms with Crippen molar-refractivity contribution < 1.29 is 4.79 Å². The van der Waals surface area contributed by atoms with E-state index < -0.39 is 0 Å². The van der Waals surface area contributed by atoms with Crippen LogP contribution in [0.4, 0.5) is 0 Å². The maximum Gasteiger partial charge on any atom is 0.254 e. The molecular formula is C16H23Cl2N3O. The summed E-state index contributed by atoms with van der Waals surface area (Å²) >= 11 is 5.97. The van der Waals surface area contributed by atoms with Gasteiger partial charge in [-0.1, -0.05) is 11.6 Å². The van der Waals surface area contributed by atoms with Crippen LogP contribution >= 0.6 is 24.0 Å². The van der Waals surface area contributed by atoms with Crippen molar-refractivity contribution >= 4 is 29.9 Å². The second-order valence-electron chi connectivity index (χ2n) is 5.94. The van der Waals surface area contributed by atoms with Crippen molar-refractivity contribution in [2.24, 2.45) is 0 Å². The maximum atomic E-state index is 12.7. The molecule has 2 aliphatic rings. The Morgan fingerprint density at radius 1 is 1.27 bits per heavy atom. The third kappa shape index (κ3) is 3.74. The van der Waals surface area contributed by atoms with E-state index in [-0.39, 0.29) is 18.3 Å². The Kier molecular flexibility index (Phi) is 6.09. The van der Waals surface area contributed by atoms with Gasteiger partial charge in [-0.2, -0.15) is 0 Å². The van der Waals surface area contributed by atoms with Gasteiger partial charge in [0.15, 0.2) is 0 Å². The molecule has 22 heavy (non-hydrogen) atoms. The minimum atomic E-state index is 0. The first-order chi connectivity index (χ1) is 10.1. The van der Waals surface area contributed by atoms with Crippen LogP contribution in [0.5, 0.6) is 0 Å². The third-order valence-electron chi connectivity index (χ3n) is 4.54. The zero-order valence-electron chi connectivity index (χ0n) is 12.8. The summed E-state index contributed by atoms with van der Waals surface area (Å²) in [4.78, 5) is 17.2. The molecule has 6 heteroatoms. The van der Waals surface area contributed by atoms with Crippen LogP contribution in [0.15, 0.2) is 18.2 Å². The molecule has 1 N–H and O–H groups in total. The van der Waals surface area contributed by atoms with E-state index in [1.807, 2.05) is 24.0 Å². The molecule has 122 valence electrons. The fourth-order valence-electron chi connectivity index (χ4n) is 3.31. The smallest absolute Gasteiger partial charge is 0.254 e. The number of carbonyl (C=O) groups excluding carboxylic acids is 1. The molecule has 1 atom stereocenters. The van der Waals surface area contributed by atoms with Crippen molar-refractivity contribution in [2.45, 2.75) is 19.4 Å². The minimum Gasteiger partial charge on any atom is -0.337 e. The largest absolute Gasteiger partial charge is 0.337 e. The molecule has 1 amide bonds. The van der Waals surface area contributed by atoms with Crippen LogP contribution in [0, 0.1) is 6.92 Å². The van der Waals surface area contributed by atoms with Crippen molar-refractivity contribution in [1.82, 2.24) is 15.1 Å². The van der Waals surface area contributed by atoms with Gasteiger partial charge in [0.05, 0.1) is 0 Å². The predicted molar refractivity (Wildman–Crippen MR) is 92.2 cm³/mol. The van der Waals surface area contributed by atoms with Gasteiger partial charge in [-0.05, 0) is 37.1 Å². The second-order valence-corrected chi connectivity index (χ2v) is 6.38. The summed E-state index contributed by atoms with van der Waals surface area (Å²) in [7, 11) is 0. The molecule has 0 saturated carbocycles. The van der Waals surface area contributed by atoms with Crippen LogP contribution in [0.25, 0.3) is 0 Å². The molecule has 2 fully saturated rings. The molecule has 0 spiro atoms. The summed E-state index contributed by atoms with van der Waals surface area (Å²) in [6, 6.07) is 6.02. The molecule has 3 rings (SSSR count). The Balaban J connectivity index is 0.00000176. The van der Waals surface area contributed by atoms with Gasteiger partial charge in [-0.3, -0.25) is 9.69 Å². The highest BCUT2D eigenvalue weighted by molar-refractivity contribution is 6.30. The van der Waals surface area contributed by atoms with Crippen LogP contribution in [0.2, 0.25) is 5.02 Å². The van der Waals surface area contributed by atoms with Gasteiger partial charge >= 0.3 is 0 Å². The number of halogens is 2. The summed E-state index contributed by atoms with van der Waals surface area (Å²) < 4.78 is 0. The van der Waals surface area contributed by atoms with Gasteiger partial charge in [0, 0.05) is 55.9 Å². The molecule has 0 aliphatic carbocycles. The lowest BCUT2D eigenvalue weighted by atomic mass is 10.1. The average molecular weight is 344 g/mol. The topological polar surface area (TPSA) is 35.6 Å². The Morgan fingerprint density at radius 3 is 2.68 bits per heavy atom. The first-order valence-electron chi connectivity index (χ1n) is 7.65. The molecule has 4 nitrogen and oxygen atoms in total. The minimum absolute atomic E-state index is 0. The maximum absolute atomic E-state index is 12.7. The van der Waals surface area contributed by atoms with E-state index in [2.05, 4.69) is 10.2 Å². The van der Waals surface area contributed by atoms with Gasteiger partial charge in [0.25, 0.3) is 5.91 Å². The lowest BCUT2D eigenvalue weighted by Gasteiger charge is -2.32. The van der Waals surface area contributed by atoms with Crippen LogP contribution in [-0.4, -0.2) is 61.0 Å². The van der Waals surface area contributed by atoms with Crippen molar-refractivity contribution in [2.75, 3.05) is 39.3 Å². The summed E-state index contributed by atoms with van der Waals surface area (Å²) in [6.07, 6.45) is 1.08. The second kappa shape index (κ2) is 7.64. The van der Waals surface area contributed by atoms with Crippen molar-refractivity contribution in [3.63, 3.8) is 0 Å². The number of likely N-dealkylation sites (tertiary alicyclic amines) is 1. The van der Waals surface area contributed by atoms with Crippen LogP contribution < -0.4 is 5.32 Å². The lowest BCUT2D eigenvalue weighted by molar-refractivity contribution is 0.0773. The fourth-order valence-corrected chi connectivity index (χ4v) is 3.54. The highest BCUT2D eigenvalue weighted by Gasteiger charge is 2.31. The van der Waals surface area contributed by atoms with E-state index >= 15 is 0 Å². The van der Waals surface area contributed by atoms with Crippen LogP contribution in [0.3, 0.4) is 0 Å². The zero-order chi connectivity index (χ0) is 14.8. The highest BCUT2D eigenvalue weighted by Crippen LogP contribution is 2.21. The molecule has 0 aromatic heterocycles. The highest BCUT2D eigenvalue weighted by atomic mass is 35.5. The molecule has 1 aromatic rings. The number of nitrogens with one attached hydrogen (secondary N) is 1. The number of aryl methyl sites for hydroxylation is 1. The quantitative estimate of drug-likeness (QED) is 0.893. The van der Waals surface area contributed by atoms with Crippen molar-refractivity contribution in [3.05, 3.63) is 34.3 Å².